The van der Waals surface area contributed by atoms with Crippen molar-refractivity contribution in [3.8, 4) is 0 Å². The Bertz CT molecular complexity index is 288. The van der Waals surface area contributed by atoms with Gasteiger partial charge in [0.25, 0.3) is 0 Å². The molecule has 3 heteroatoms. The van der Waals surface area contributed by atoms with E-state index in [1.807, 2.05) is 0 Å². The van der Waals surface area contributed by atoms with Crippen LogP contribution in [0.15, 0.2) is 10.2 Å². The van der Waals surface area contributed by atoms with Crippen LogP contribution >= 0.6 is 0 Å². The van der Waals surface area contributed by atoms with Crippen LogP contribution in [0.1, 0.15) is 32.1 Å². The third-order valence-electron chi connectivity index (χ3n) is 4.69. The molecule has 2 unspecified atom stereocenters. The molecule has 0 aromatic heterocycles. The summed E-state index contributed by atoms with van der Waals surface area (Å²) in [7, 11) is 0. The zero-order valence-electron chi connectivity index (χ0n) is 7.61. The molecular weight excluding hydrogens is 164 g/mol. The van der Waals surface area contributed by atoms with Gasteiger partial charge in [0.1, 0.15) is 0 Å². The molecule has 4 aliphatic carbocycles. The molecule has 5 rings (SSSR count). The Balaban J connectivity index is 1.79. The van der Waals surface area contributed by atoms with Crippen molar-refractivity contribution in [1.29, 1.82) is 0 Å². The van der Waals surface area contributed by atoms with Gasteiger partial charge in [0.15, 0.2) is 5.66 Å². The first kappa shape index (κ1) is 6.93. The number of hydrogen-bond acceptors (Lipinski definition) is 3. The third kappa shape index (κ3) is 0.675. The average molecular weight is 178 g/mol. The van der Waals surface area contributed by atoms with Crippen molar-refractivity contribution in [2.24, 2.45) is 28.0 Å². The second-order valence-corrected chi connectivity index (χ2v) is 5.55. The van der Waals surface area contributed by atoms with Crippen molar-refractivity contribution < 1.29 is 5.11 Å². The largest absolute Gasteiger partial charge is 0.390 e. The zero-order valence-corrected chi connectivity index (χ0v) is 7.61. The Hall–Kier alpha value is -0.440. The summed E-state index contributed by atoms with van der Waals surface area (Å²) in [4.78, 5) is 0. The van der Waals surface area contributed by atoms with Gasteiger partial charge in [0.05, 0.1) is 5.60 Å². The quantitative estimate of drug-likeness (QED) is 0.603. The van der Waals surface area contributed by atoms with E-state index in [9.17, 15) is 5.11 Å². The van der Waals surface area contributed by atoms with E-state index in [0.717, 1.165) is 25.2 Å². The molecule has 4 fully saturated rings. The van der Waals surface area contributed by atoms with Gasteiger partial charge in [0.2, 0.25) is 0 Å². The summed E-state index contributed by atoms with van der Waals surface area (Å²) in [6.45, 7) is 0. The number of hydrogen-bond donors (Lipinski definition) is 1. The van der Waals surface area contributed by atoms with Crippen LogP contribution in [-0.4, -0.2) is 16.4 Å². The van der Waals surface area contributed by atoms with Crippen LogP contribution in [0.4, 0.5) is 0 Å². The standard InChI is InChI=1S/C10H14N2O/c13-9-3-6-1-7(4-9)10(11-12-10)8(2-6)5-9/h6-8,13H,1-5H2. The van der Waals surface area contributed by atoms with E-state index in [2.05, 4.69) is 10.2 Å². The highest BCUT2D eigenvalue weighted by atomic mass is 16.3. The van der Waals surface area contributed by atoms with Crippen LogP contribution in [0.5, 0.6) is 0 Å². The van der Waals surface area contributed by atoms with Crippen molar-refractivity contribution >= 4 is 0 Å². The minimum atomic E-state index is -0.324. The summed E-state index contributed by atoms with van der Waals surface area (Å²) in [6, 6.07) is 0. The molecular formula is C10H14N2O. The van der Waals surface area contributed by atoms with Crippen molar-refractivity contribution in [2.75, 3.05) is 0 Å². The van der Waals surface area contributed by atoms with Gasteiger partial charge in [-0.05, 0) is 38.0 Å². The monoisotopic (exact) mass is 178 g/mol. The average Bonchev–Trinajstić information content (AvgIpc) is 2.77. The van der Waals surface area contributed by atoms with Crippen LogP contribution < -0.4 is 0 Å². The van der Waals surface area contributed by atoms with E-state index >= 15 is 0 Å². The summed E-state index contributed by atoms with van der Waals surface area (Å²) in [5, 5.41) is 18.8. The Morgan fingerprint density at radius 2 is 1.62 bits per heavy atom. The minimum Gasteiger partial charge on any atom is -0.390 e. The topological polar surface area (TPSA) is 45.0 Å². The molecule has 4 bridgehead atoms. The lowest BCUT2D eigenvalue weighted by atomic mass is 9.51. The molecule has 1 aliphatic heterocycles. The SMILES string of the molecule is OC12CC3CC(C1)C1(N=N1)C(C3)C2. The highest BCUT2D eigenvalue weighted by molar-refractivity contribution is 5.18. The fraction of sp³-hybridized carbons (Fsp3) is 1.00. The van der Waals surface area contributed by atoms with Gasteiger partial charge in [-0.2, -0.15) is 10.2 Å². The van der Waals surface area contributed by atoms with Gasteiger partial charge in [0, 0.05) is 11.8 Å². The van der Waals surface area contributed by atoms with Crippen LogP contribution in [0.2, 0.25) is 0 Å². The van der Waals surface area contributed by atoms with Crippen molar-refractivity contribution in [2.45, 2.75) is 43.4 Å². The highest BCUT2D eigenvalue weighted by Gasteiger charge is 2.66. The maximum Gasteiger partial charge on any atom is 0.196 e. The lowest BCUT2D eigenvalue weighted by molar-refractivity contribution is -0.143. The fourth-order valence-electron chi connectivity index (χ4n) is 4.30. The predicted octanol–water partition coefficient (Wildman–Crippen LogP) is 1.72. The van der Waals surface area contributed by atoms with Gasteiger partial charge in [-0.15, -0.1) is 0 Å². The van der Waals surface area contributed by atoms with E-state index in [0.29, 0.717) is 11.8 Å². The zero-order chi connectivity index (χ0) is 8.68. The maximum atomic E-state index is 10.3. The smallest absolute Gasteiger partial charge is 0.196 e. The molecule has 1 spiro atoms. The maximum absolute atomic E-state index is 10.3. The first-order valence-electron chi connectivity index (χ1n) is 5.37. The van der Waals surface area contributed by atoms with Crippen LogP contribution in [0.3, 0.4) is 0 Å². The van der Waals surface area contributed by atoms with Crippen LogP contribution in [0.25, 0.3) is 0 Å². The second-order valence-electron chi connectivity index (χ2n) is 5.55. The number of rotatable bonds is 0. The van der Waals surface area contributed by atoms with Gasteiger partial charge in [-0.3, -0.25) is 0 Å². The second kappa shape index (κ2) is 1.70. The predicted molar refractivity (Wildman–Crippen MR) is 46.1 cm³/mol. The number of aliphatic hydroxyl groups is 1. The number of nitrogens with zero attached hydrogens (tertiary/aromatic N) is 2. The first-order chi connectivity index (χ1) is 6.20. The van der Waals surface area contributed by atoms with Gasteiger partial charge >= 0.3 is 0 Å². The molecule has 13 heavy (non-hydrogen) atoms. The van der Waals surface area contributed by atoms with Crippen LogP contribution in [-0.2, 0) is 0 Å². The summed E-state index contributed by atoms with van der Waals surface area (Å²) in [5.74, 6) is 1.95. The Labute approximate surface area is 77.2 Å². The normalized spacial score (nSPS) is 59.0. The van der Waals surface area contributed by atoms with E-state index in [4.69, 9.17) is 0 Å². The Morgan fingerprint density at radius 3 is 2.08 bits per heavy atom. The lowest BCUT2D eigenvalue weighted by Gasteiger charge is -2.56. The first-order valence-corrected chi connectivity index (χ1v) is 5.37. The summed E-state index contributed by atoms with van der Waals surface area (Å²) < 4.78 is 0. The molecule has 0 aromatic carbocycles. The van der Waals surface area contributed by atoms with Crippen LogP contribution in [0, 0.1) is 17.8 Å². The molecule has 0 amide bonds. The fourth-order valence-corrected chi connectivity index (χ4v) is 4.30. The van der Waals surface area contributed by atoms with E-state index in [1.54, 1.807) is 0 Å². The van der Waals surface area contributed by atoms with Gasteiger partial charge in [-0.25, -0.2) is 0 Å². The van der Waals surface area contributed by atoms with E-state index < -0.39 is 0 Å². The summed E-state index contributed by atoms with van der Waals surface area (Å²) in [5.41, 5.74) is -0.307. The third-order valence-corrected chi connectivity index (χ3v) is 4.69. The summed E-state index contributed by atoms with van der Waals surface area (Å²) in [6.07, 6.45) is 5.52. The molecule has 3 nitrogen and oxygen atoms in total. The molecule has 70 valence electrons. The molecule has 4 saturated carbocycles. The molecule has 1 heterocycles. The molecule has 0 aromatic rings. The molecule has 2 atom stereocenters. The van der Waals surface area contributed by atoms with E-state index in [-0.39, 0.29) is 11.3 Å². The van der Waals surface area contributed by atoms with Crippen molar-refractivity contribution in [1.82, 2.24) is 0 Å². The highest BCUT2D eigenvalue weighted by Crippen LogP contribution is 2.65. The Kier molecular flexibility index (Phi) is 0.905. The summed E-state index contributed by atoms with van der Waals surface area (Å²) >= 11 is 0. The molecule has 0 radical (unpaired) electrons. The van der Waals surface area contributed by atoms with Crippen molar-refractivity contribution in [3.63, 3.8) is 0 Å². The molecule has 1 N–H and O–H groups in total. The lowest BCUT2D eigenvalue weighted by Crippen LogP contribution is -2.58. The van der Waals surface area contributed by atoms with Gasteiger partial charge in [-0.1, -0.05) is 0 Å². The Morgan fingerprint density at radius 1 is 1.00 bits per heavy atom. The minimum absolute atomic E-state index is 0.0170. The van der Waals surface area contributed by atoms with Crippen molar-refractivity contribution in [3.05, 3.63) is 0 Å². The van der Waals surface area contributed by atoms with E-state index in [1.165, 1.54) is 12.8 Å². The molecule has 5 aliphatic rings. The van der Waals surface area contributed by atoms with Gasteiger partial charge < -0.3 is 5.11 Å². The molecule has 0 saturated heterocycles.